The molecule has 2 heterocycles. The van der Waals surface area contributed by atoms with Crippen LogP contribution in [-0.2, 0) is 20.7 Å². The maximum Gasteiger partial charge on any atom is 0.350 e. The third-order valence-electron chi connectivity index (χ3n) is 4.56. The number of esters is 1. The molecular formula is C21H23N3O6S. The van der Waals surface area contributed by atoms with E-state index in [2.05, 4.69) is 10.3 Å². The van der Waals surface area contributed by atoms with E-state index in [1.807, 2.05) is 0 Å². The number of thiazole rings is 1. The highest BCUT2D eigenvalue weighted by atomic mass is 32.1. The molecule has 2 amide bonds. The van der Waals surface area contributed by atoms with E-state index in [9.17, 15) is 14.4 Å². The summed E-state index contributed by atoms with van der Waals surface area (Å²) in [6.45, 7) is 3.44. The van der Waals surface area contributed by atoms with Gasteiger partial charge in [0.25, 0.3) is 0 Å². The number of anilines is 1. The van der Waals surface area contributed by atoms with Gasteiger partial charge in [-0.05, 0) is 43.2 Å². The molecule has 31 heavy (non-hydrogen) atoms. The molecule has 0 saturated heterocycles. The van der Waals surface area contributed by atoms with Crippen LogP contribution in [-0.4, -0.2) is 55.0 Å². The number of benzene rings is 1. The molecule has 0 atom stereocenters. The highest BCUT2D eigenvalue weighted by molar-refractivity contribution is 7.17. The van der Waals surface area contributed by atoms with Crippen LogP contribution in [0.15, 0.2) is 18.3 Å². The van der Waals surface area contributed by atoms with Crippen molar-refractivity contribution < 1.29 is 28.6 Å². The Morgan fingerprint density at radius 1 is 1.23 bits per heavy atom. The van der Waals surface area contributed by atoms with Crippen LogP contribution in [0, 0.1) is 6.92 Å². The maximum absolute atomic E-state index is 12.7. The predicted molar refractivity (Wildman–Crippen MR) is 115 cm³/mol. The van der Waals surface area contributed by atoms with Crippen LogP contribution in [0.25, 0.3) is 6.08 Å². The summed E-state index contributed by atoms with van der Waals surface area (Å²) in [5, 5.41) is 2.91. The first-order valence-electron chi connectivity index (χ1n) is 9.53. The number of fused-ring (bicyclic) bond motifs is 1. The Bertz CT molecular complexity index is 1050. The summed E-state index contributed by atoms with van der Waals surface area (Å²) in [7, 11) is 3.07. The van der Waals surface area contributed by atoms with Crippen LogP contribution < -0.4 is 14.8 Å². The van der Waals surface area contributed by atoms with Crippen molar-refractivity contribution in [1.29, 1.82) is 0 Å². The Hall–Kier alpha value is -3.40. The Balaban J connectivity index is 1.70. The fourth-order valence-corrected chi connectivity index (χ4v) is 3.93. The second-order valence-electron chi connectivity index (χ2n) is 6.62. The zero-order valence-corrected chi connectivity index (χ0v) is 18.5. The highest BCUT2D eigenvalue weighted by Gasteiger charge is 2.23. The van der Waals surface area contributed by atoms with Crippen molar-refractivity contribution in [3.8, 4) is 11.5 Å². The Labute approximate surface area is 183 Å². The summed E-state index contributed by atoms with van der Waals surface area (Å²) in [5.41, 5.74) is 2.06. The van der Waals surface area contributed by atoms with Gasteiger partial charge in [0.15, 0.2) is 16.6 Å². The van der Waals surface area contributed by atoms with Crippen molar-refractivity contribution in [3.63, 3.8) is 0 Å². The number of rotatable bonds is 7. The number of aryl methyl sites for hydroxylation is 1. The molecular weight excluding hydrogens is 422 g/mol. The van der Waals surface area contributed by atoms with Gasteiger partial charge in [-0.15, -0.1) is 0 Å². The van der Waals surface area contributed by atoms with Gasteiger partial charge in [-0.2, -0.15) is 0 Å². The van der Waals surface area contributed by atoms with Crippen LogP contribution in [0.4, 0.5) is 5.13 Å². The highest BCUT2D eigenvalue weighted by Crippen LogP contribution is 2.32. The number of hydrogen-bond donors (Lipinski definition) is 1. The standard InChI is InChI=1S/C21H23N3O6S/c1-5-30-20(27)19-12(2)22-21(31-19)23-17(25)11-24-7-6-13-8-15(28-3)16(29-4)9-14(13)10-18(24)26/h6-9H,5,10-11H2,1-4H3,(H,22,23,25). The van der Waals surface area contributed by atoms with Gasteiger partial charge in [0.2, 0.25) is 11.8 Å². The van der Waals surface area contributed by atoms with Gasteiger partial charge in [0.1, 0.15) is 11.4 Å². The van der Waals surface area contributed by atoms with Crippen molar-refractivity contribution in [2.45, 2.75) is 20.3 Å². The zero-order chi connectivity index (χ0) is 22.5. The summed E-state index contributed by atoms with van der Waals surface area (Å²) in [4.78, 5) is 43.0. The van der Waals surface area contributed by atoms with E-state index in [0.717, 1.165) is 22.5 Å². The molecule has 1 aromatic heterocycles. The minimum absolute atomic E-state index is 0.110. The minimum atomic E-state index is -0.479. The van der Waals surface area contributed by atoms with Crippen LogP contribution in [0.3, 0.4) is 0 Å². The van der Waals surface area contributed by atoms with E-state index in [4.69, 9.17) is 14.2 Å². The van der Waals surface area contributed by atoms with Crippen molar-refractivity contribution in [2.75, 3.05) is 32.7 Å². The molecule has 0 radical (unpaired) electrons. The normalized spacial score (nSPS) is 12.8. The van der Waals surface area contributed by atoms with Gasteiger partial charge in [0.05, 0.1) is 32.9 Å². The third-order valence-corrected chi connectivity index (χ3v) is 5.61. The van der Waals surface area contributed by atoms with Gasteiger partial charge >= 0.3 is 5.97 Å². The SMILES string of the molecule is CCOC(=O)c1sc(NC(=O)CN2C=Cc3cc(OC)c(OC)cc3CC2=O)nc1C. The summed E-state index contributed by atoms with van der Waals surface area (Å²) < 4.78 is 15.6. The first-order chi connectivity index (χ1) is 14.9. The van der Waals surface area contributed by atoms with Crippen molar-refractivity contribution in [3.05, 3.63) is 40.0 Å². The van der Waals surface area contributed by atoms with Crippen LogP contribution >= 0.6 is 11.3 Å². The van der Waals surface area contributed by atoms with Crippen molar-refractivity contribution >= 4 is 40.3 Å². The largest absolute Gasteiger partial charge is 0.493 e. The summed E-state index contributed by atoms with van der Waals surface area (Å²) in [5.74, 6) is -0.0540. The Kier molecular flexibility index (Phi) is 6.91. The molecule has 0 saturated carbocycles. The first-order valence-corrected chi connectivity index (χ1v) is 10.3. The van der Waals surface area contributed by atoms with E-state index in [1.54, 1.807) is 45.4 Å². The molecule has 0 fully saturated rings. The molecule has 10 heteroatoms. The number of carbonyl (C=O) groups excluding carboxylic acids is 3. The zero-order valence-electron chi connectivity index (χ0n) is 17.7. The number of carbonyl (C=O) groups is 3. The molecule has 0 spiro atoms. The molecule has 164 valence electrons. The smallest absolute Gasteiger partial charge is 0.350 e. The molecule has 1 N–H and O–H groups in total. The van der Waals surface area contributed by atoms with Gasteiger partial charge in [-0.1, -0.05) is 11.3 Å². The summed E-state index contributed by atoms with van der Waals surface area (Å²) >= 11 is 1.03. The number of amides is 2. The molecule has 0 bridgehead atoms. The molecule has 3 rings (SSSR count). The maximum atomic E-state index is 12.7. The summed E-state index contributed by atoms with van der Waals surface area (Å²) in [6, 6.07) is 3.55. The molecule has 1 aliphatic rings. The van der Waals surface area contributed by atoms with Crippen LogP contribution in [0.2, 0.25) is 0 Å². The van der Waals surface area contributed by atoms with E-state index in [1.165, 1.54) is 12.0 Å². The number of methoxy groups -OCH3 is 2. The van der Waals surface area contributed by atoms with Gasteiger partial charge in [-0.3, -0.25) is 9.59 Å². The first kappa shape index (κ1) is 22.3. The number of aromatic nitrogens is 1. The topological polar surface area (TPSA) is 107 Å². The lowest BCUT2D eigenvalue weighted by atomic mass is 10.0. The second kappa shape index (κ2) is 9.61. The molecule has 1 aliphatic heterocycles. The predicted octanol–water partition coefficient (Wildman–Crippen LogP) is 2.64. The third kappa shape index (κ3) is 5.02. The molecule has 9 nitrogen and oxygen atoms in total. The number of nitrogens with zero attached hydrogens (tertiary/aromatic N) is 2. The Morgan fingerprint density at radius 2 is 1.94 bits per heavy atom. The second-order valence-corrected chi connectivity index (χ2v) is 7.62. The van der Waals surface area contributed by atoms with E-state index >= 15 is 0 Å². The van der Waals surface area contributed by atoms with E-state index in [-0.39, 0.29) is 30.6 Å². The van der Waals surface area contributed by atoms with Crippen LogP contribution in [0.5, 0.6) is 11.5 Å². The molecule has 2 aromatic rings. The average Bonchev–Trinajstić information content (AvgIpc) is 3.03. The summed E-state index contributed by atoms with van der Waals surface area (Å²) in [6.07, 6.45) is 3.43. The van der Waals surface area contributed by atoms with Crippen LogP contribution in [0.1, 0.15) is 33.4 Å². The van der Waals surface area contributed by atoms with Gasteiger partial charge in [0, 0.05) is 6.20 Å². The number of hydrogen-bond acceptors (Lipinski definition) is 8. The van der Waals surface area contributed by atoms with Crippen molar-refractivity contribution in [2.24, 2.45) is 0 Å². The van der Waals surface area contributed by atoms with E-state index in [0.29, 0.717) is 22.1 Å². The quantitative estimate of drug-likeness (QED) is 0.653. The monoisotopic (exact) mass is 445 g/mol. The fraction of sp³-hybridized carbons (Fsp3) is 0.333. The lowest BCUT2D eigenvalue weighted by molar-refractivity contribution is -0.131. The van der Waals surface area contributed by atoms with Crippen molar-refractivity contribution in [1.82, 2.24) is 9.88 Å². The lowest BCUT2D eigenvalue weighted by Crippen LogP contribution is -2.34. The lowest BCUT2D eigenvalue weighted by Gasteiger charge is -2.16. The fourth-order valence-electron chi connectivity index (χ4n) is 3.05. The van der Waals surface area contributed by atoms with Gasteiger partial charge < -0.3 is 24.4 Å². The number of ether oxygens (including phenoxy) is 3. The minimum Gasteiger partial charge on any atom is -0.493 e. The Morgan fingerprint density at radius 3 is 2.61 bits per heavy atom. The average molecular weight is 445 g/mol. The molecule has 0 unspecified atom stereocenters. The molecule has 1 aromatic carbocycles. The van der Waals surface area contributed by atoms with E-state index < -0.39 is 11.9 Å². The molecule has 0 aliphatic carbocycles. The van der Waals surface area contributed by atoms with Gasteiger partial charge in [-0.25, -0.2) is 9.78 Å². The number of nitrogens with one attached hydrogen (secondary N) is 1.